The van der Waals surface area contributed by atoms with Crippen molar-refractivity contribution in [3.63, 3.8) is 0 Å². The van der Waals surface area contributed by atoms with Crippen molar-refractivity contribution >= 4 is 0 Å². The molecule has 0 bridgehead atoms. The Balaban J connectivity index is -0.0000000312. The first-order valence-corrected chi connectivity index (χ1v) is 1.05. The van der Waals surface area contributed by atoms with E-state index in [0.29, 0.717) is 0 Å². The number of nitrogens with one attached hydrogen (secondary N) is 1. The fourth-order valence-corrected chi connectivity index (χ4v) is 0.100. The first-order valence-electron chi connectivity index (χ1n) is 1.05. The van der Waals surface area contributed by atoms with Gasteiger partial charge in [-0.05, 0) is 20.9 Å². The molecule has 0 aliphatic rings. The van der Waals surface area contributed by atoms with Gasteiger partial charge in [0.2, 0.25) is 0 Å². The number of nitrogens with zero attached hydrogens (tertiary/aromatic N) is 4. The van der Waals surface area contributed by atoms with Crippen LogP contribution in [0.1, 0.15) is 2.85 Å². The Kier molecular flexibility index (Phi) is 12.5. The molecule has 0 fully saturated rings. The van der Waals surface area contributed by atoms with Gasteiger partial charge in [-0.3, -0.25) is 0 Å². The predicted octanol–water partition coefficient (Wildman–Crippen LogP) is -7.17. The van der Waals surface area contributed by atoms with Gasteiger partial charge in [0.15, 0.2) is 0 Å². The molecule has 0 amide bonds. The summed E-state index contributed by atoms with van der Waals surface area (Å²) >= 11 is 0. The molecule has 5 nitrogen and oxygen atoms in total. The first-order chi connectivity index (χ1) is 2.50. The van der Waals surface area contributed by atoms with Gasteiger partial charge in [0.05, 0.1) is 0 Å². The Bertz CT molecular complexity index is 71.4. The summed E-state index contributed by atoms with van der Waals surface area (Å²) in [5.74, 6) is 0. The van der Waals surface area contributed by atoms with E-state index in [1.807, 2.05) is 0 Å². The third-order valence-electron chi connectivity index (χ3n) is 0.219. The van der Waals surface area contributed by atoms with E-state index in [1.165, 1.54) is 0 Å². The smallest absolute Gasteiger partial charge is 1.00 e. The van der Waals surface area contributed by atoms with Crippen molar-refractivity contribution in [2.75, 3.05) is 0 Å². The Hall–Kier alpha value is 1.64. The molecule has 7 heavy (non-hydrogen) atoms. The zero-order chi connectivity index (χ0) is 3.54. The molecule has 0 aliphatic heterocycles. The molecule has 0 aliphatic carbocycles. The minimum absolute atomic E-state index is 0. The van der Waals surface area contributed by atoms with E-state index in [1.54, 1.807) is 0 Å². The van der Waals surface area contributed by atoms with E-state index in [2.05, 4.69) is 26.1 Å². The van der Waals surface area contributed by atoms with Gasteiger partial charge < -0.3 is 2.85 Å². The third-order valence-corrected chi connectivity index (χ3v) is 0.219. The summed E-state index contributed by atoms with van der Waals surface area (Å²) < 4.78 is 0. The Morgan fingerprint density at radius 3 is 1.71 bits per heavy atom. The molecule has 7 heteroatoms. The van der Waals surface area contributed by atoms with Gasteiger partial charge in [-0.25, -0.2) is 0 Å². The molecule has 1 aromatic heterocycles. The SMILES string of the molecule is [H-].[H-].[K+].[Na+].n1nn[nH]n1. The zero-order valence-corrected chi connectivity index (χ0v) is 9.41. The molecule has 0 spiro atoms. The van der Waals surface area contributed by atoms with Crippen LogP contribution in [-0.2, 0) is 0 Å². The molecule has 1 rings (SSSR count). The standard InChI is InChI=1S/K.HN5.Na.2H/c;1-2-4-5-3-1;;;/h;(H,1,2,3,4,5);;;/q+1;;+1;2*-1. The van der Waals surface area contributed by atoms with Crippen LogP contribution in [0.3, 0.4) is 0 Å². The number of H-pyrrole nitrogens is 1. The normalized spacial score (nSPS) is 5.71. The quantitative estimate of drug-likeness (QED) is 0.359. The van der Waals surface area contributed by atoms with Crippen molar-refractivity contribution in [1.82, 2.24) is 26.1 Å². The monoisotopic (exact) mass is 135 g/mol. The molecule has 0 radical (unpaired) electrons. The van der Waals surface area contributed by atoms with Crippen molar-refractivity contribution in [2.24, 2.45) is 0 Å². The second kappa shape index (κ2) is 7.64. The minimum Gasteiger partial charge on any atom is -1.00 e. The van der Waals surface area contributed by atoms with Crippen molar-refractivity contribution in [2.45, 2.75) is 0 Å². The van der Waals surface area contributed by atoms with Crippen LogP contribution in [0.5, 0.6) is 0 Å². The average molecular weight is 135 g/mol. The van der Waals surface area contributed by atoms with Crippen molar-refractivity contribution in [1.29, 1.82) is 0 Å². The summed E-state index contributed by atoms with van der Waals surface area (Å²) in [6.45, 7) is 0. The van der Waals surface area contributed by atoms with Crippen molar-refractivity contribution in [3.8, 4) is 0 Å². The van der Waals surface area contributed by atoms with Crippen LogP contribution in [0.25, 0.3) is 0 Å². The fourth-order valence-electron chi connectivity index (χ4n) is 0.100. The van der Waals surface area contributed by atoms with Crippen LogP contribution < -0.4 is 80.9 Å². The van der Waals surface area contributed by atoms with Gasteiger partial charge >= 0.3 is 80.9 Å². The van der Waals surface area contributed by atoms with Gasteiger partial charge in [-0.1, -0.05) is 0 Å². The number of hydrogen-bond donors (Lipinski definition) is 1. The van der Waals surface area contributed by atoms with Crippen molar-refractivity contribution in [3.05, 3.63) is 0 Å². The molecular weight excluding hydrogens is 132 g/mol. The molecular formula is H3KN5Na. The van der Waals surface area contributed by atoms with Crippen LogP contribution >= 0.6 is 0 Å². The van der Waals surface area contributed by atoms with Gasteiger partial charge in [-0.15, -0.1) is 0 Å². The summed E-state index contributed by atoms with van der Waals surface area (Å²) in [6, 6.07) is 0. The fraction of sp³-hybridized carbons (Fsp3) is 0. The molecule has 1 N–H and O–H groups in total. The van der Waals surface area contributed by atoms with Gasteiger partial charge in [0.1, 0.15) is 0 Å². The second-order valence-corrected chi connectivity index (χ2v) is 0.479. The molecule has 0 saturated carbocycles. The molecule has 1 heterocycles. The van der Waals surface area contributed by atoms with Crippen LogP contribution in [0.2, 0.25) is 0 Å². The molecule has 0 atom stereocenters. The zero-order valence-electron chi connectivity index (χ0n) is 6.29. The van der Waals surface area contributed by atoms with Crippen LogP contribution in [0.15, 0.2) is 0 Å². The first kappa shape index (κ1) is 11.4. The average Bonchev–Trinajstić information content (AvgIpc) is 1.76. The second-order valence-electron chi connectivity index (χ2n) is 0.479. The van der Waals surface area contributed by atoms with E-state index in [9.17, 15) is 0 Å². The summed E-state index contributed by atoms with van der Waals surface area (Å²) in [7, 11) is 0. The van der Waals surface area contributed by atoms with Crippen LogP contribution in [0, 0.1) is 0 Å². The maximum absolute atomic E-state index is 3.12. The van der Waals surface area contributed by atoms with E-state index < -0.39 is 0 Å². The summed E-state index contributed by atoms with van der Waals surface area (Å²) in [5.41, 5.74) is 0. The number of hydrogen-bond acceptors (Lipinski definition) is 4. The molecule has 0 saturated heterocycles. The van der Waals surface area contributed by atoms with E-state index >= 15 is 0 Å². The van der Waals surface area contributed by atoms with Crippen LogP contribution in [-0.4, -0.2) is 26.1 Å². The molecule has 0 aromatic carbocycles. The van der Waals surface area contributed by atoms with Gasteiger partial charge in [0.25, 0.3) is 0 Å². The Labute approximate surface area is 108 Å². The topological polar surface area (TPSA) is 67.3 Å². The van der Waals surface area contributed by atoms with E-state index in [4.69, 9.17) is 0 Å². The summed E-state index contributed by atoms with van der Waals surface area (Å²) in [4.78, 5) is 0. The van der Waals surface area contributed by atoms with Gasteiger partial charge in [0, 0.05) is 0 Å². The maximum Gasteiger partial charge on any atom is 1.00 e. The predicted molar refractivity (Wildman–Crippen MR) is 14.2 cm³/mol. The molecule has 30 valence electrons. The van der Waals surface area contributed by atoms with Crippen molar-refractivity contribution < 1.29 is 83.8 Å². The maximum atomic E-state index is 3.12. The minimum atomic E-state index is 0. The van der Waals surface area contributed by atoms with Gasteiger partial charge in [-0.2, -0.15) is 5.21 Å². The number of aromatic nitrogens is 5. The molecule has 1 aromatic rings. The van der Waals surface area contributed by atoms with Crippen LogP contribution in [0.4, 0.5) is 0 Å². The largest absolute Gasteiger partial charge is 1.00 e. The van der Waals surface area contributed by atoms with E-state index in [0.717, 1.165) is 0 Å². The number of aromatic amines is 1. The van der Waals surface area contributed by atoms with E-state index in [-0.39, 0.29) is 83.8 Å². The number of rotatable bonds is 0. The molecule has 0 unspecified atom stereocenters. The summed E-state index contributed by atoms with van der Waals surface area (Å²) in [5, 5.41) is 14.5. The Morgan fingerprint density at radius 1 is 1.14 bits per heavy atom. The third kappa shape index (κ3) is 5.51. The Morgan fingerprint density at radius 2 is 1.57 bits per heavy atom. The summed E-state index contributed by atoms with van der Waals surface area (Å²) in [6.07, 6.45) is 0.